The highest BCUT2D eigenvalue weighted by atomic mass is 19.4. The summed E-state index contributed by atoms with van der Waals surface area (Å²) < 4.78 is 148. The van der Waals surface area contributed by atoms with Crippen molar-refractivity contribution in [1.29, 1.82) is 0 Å². The molecule has 220 valence electrons. The molecule has 2 rings (SSSR count). The van der Waals surface area contributed by atoms with Gasteiger partial charge in [-0.05, 0) is 34.6 Å². The second-order valence-electron chi connectivity index (χ2n) is 9.20. The molecule has 4 atom stereocenters. The molecule has 2 aliphatic rings. The molecule has 2 heterocycles. The molecule has 0 aromatic heterocycles. The van der Waals surface area contributed by atoms with Crippen LogP contribution < -0.4 is 0 Å². The molecule has 2 fully saturated rings. The average Bonchev–Trinajstić information content (AvgIpc) is 3.02. The Bertz CT molecular complexity index is 914. The lowest BCUT2D eigenvalue weighted by molar-refractivity contribution is -0.409. The highest BCUT2D eigenvalue weighted by Crippen LogP contribution is 2.56. The van der Waals surface area contributed by atoms with E-state index in [0.717, 1.165) is 6.92 Å². The van der Waals surface area contributed by atoms with Crippen molar-refractivity contribution in [3.8, 4) is 0 Å². The van der Waals surface area contributed by atoms with Crippen LogP contribution in [0.1, 0.15) is 34.6 Å². The van der Waals surface area contributed by atoms with Crippen LogP contribution in [0.3, 0.4) is 0 Å². The van der Waals surface area contributed by atoms with Gasteiger partial charge < -0.3 is 24.1 Å². The zero-order valence-electron chi connectivity index (χ0n) is 20.5. The van der Waals surface area contributed by atoms with Gasteiger partial charge in [-0.3, -0.25) is 0 Å². The molecule has 7 nitrogen and oxygen atoms in total. The summed E-state index contributed by atoms with van der Waals surface area (Å²) in [6, 6.07) is 0. The van der Waals surface area contributed by atoms with Crippen LogP contribution >= 0.6 is 0 Å². The second kappa shape index (κ2) is 9.66. The number of rotatable bonds is 4. The molecule has 0 spiro atoms. The molecule has 0 aliphatic carbocycles. The number of alkyl halides is 10. The third kappa shape index (κ3) is 5.11. The van der Waals surface area contributed by atoms with Crippen LogP contribution in [0.15, 0.2) is 24.3 Å². The molecule has 4 unspecified atom stereocenters. The molecule has 2 aliphatic heterocycles. The molecule has 0 bridgehead atoms. The van der Waals surface area contributed by atoms with Crippen molar-refractivity contribution in [3.63, 3.8) is 0 Å². The van der Waals surface area contributed by atoms with Crippen molar-refractivity contribution in [2.75, 3.05) is 13.2 Å². The summed E-state index contributed by atoms with van der Waals surface area (Å²) in [6.07, 6.45) is -11.0. The van der Waals surface area contributed by atoms with Gasteiger partial charge in [0.15, 0.2) is 5.60 Å². The molecule has 0 amide bonds. The van der Waals surface area contributed by atoms with Gasteiger partial charge in [-0.2, -0.15) is 43.9 Å². The summed E-state index contributed by atoms with van der Waals surface area (Å²) in [6.45, 7) is 7.72. The van der Waals surface area contributed by atoms with E-state index < -0.39 is 71.9 Å². The molecule has 0 saturated carbocycles. The van der Waals surface area contributed by atoms with Gasteiger partial charge in [-0.1, -0.05) is 13.2 Å². The standard InChI is InChI=1S/C11H13F5O3.C10H11F5O4/c1-6(2)7(17)19-8(3)5-18-9(4,10(8,12)13)11(14,15)16;1-5(2)6(16)19-7(3)4-18-9(17,8(7,11)12)10(13,14)15/h1,5H2,2-4H3;17H,1,4H2,2-3H3. The predicted molar refractivity (Wildman–Crippen MR) is 106 cm³/mol. The maximum Gasteiger partial charge on any atom is 0.449 e. The number of ether oxygens (including phenoxy) is 4. The van der Waals surface area contributed by atoms with Crippen LogP contribution in [0, 0.1) is 0 Å². The van der Waals surface area contributed by atoms with E-state index in [1.165, 1.54) is 6.92 Å². The van der Waals surface area contributed by atoms with Crippen LogP contribution in [0.5, 0.6) is 0 Å². The maximum absolute atomic E-state index is 14.0. The van der Waals surface area contributed by atoms with Crippen molar-refractivity contribution in [2.45, 2.75) is 81.4 Å². The molecular formula is C21H24F10O7. The van der Waals surface area contributed by atoms with Gasteiger partial charge in [0.1, 0.15) is 0 Å². The minimum Gasteiger partial charge on any atom is -0.447 e. The first-order chi connectivity index (χ1) is 16.6. The van der Waals surface area contributed by atoms with Crippen molar-refractivity contribution in [2.24, 2.45) is 0 Å². The summed E-state index contributed by atoms with van der Waals surface area (Å²) in [5.41, 5.74) is -9.83. The fourth-order valence-electron chi connectivity index (χ4n) is 3.04. The molecule has 17 heteroatoms. The van der Waals surface area contributed by atoms with Gasteiger partial charge >= 0.3 is 41.9 Å². The van der Waals surface area contributed by atoms with Gasteiger partial charge in [0.2, 0.25) is 11.2 Å². The van der Waals surface area contributed by atoms with Crippen molar-refractivity contribution >= 4 is 11.9 Å². The molecule has 0 radical (unpaired) electrons. The van der Waals surface area contributed by atoms with Crippen molar-refractivity contribution in [1.82, 2.24) is 0 Å². The fraction of sp³-hybridized carbons (Fsp3) is 0.714. The summed E-state index contributed by atoms with van der Waals surface area (Å²) in [5.74, 6) is -16.5. The monoisotopic (exact) mass is 578 g/mol. The lowest BCUT2D eigenvalue weighted by atomic mass is 9.87. The average molecular weight is 578 g/mol. The normalized spacial score (nSPS) is 34.1. The van der Waals surface area contributed by atoms with Crippen LogP contribution in [0.2, 0.25) is 0 Å². The molecule has 0 aromatic rings. The minimum atomic E-state index is -5.75. The number of carbonyl (C=O) groups is 2. The molecule has 1 N–H and O–H groups in total. The Morgan fingerprint density at radius 2 is 1.08 bits per heavy atom. The molecule has 38 heavy (non-hydrogen) atoms. The number of aliphatic hydroxyl groups is 1. The first-order valence-electron chi connectivity index (χ1n) is 10.2. The topological polar surface area (TPSA) is 91.3 Å². The highest BCUT2D eigenvalue weighted by molar-refractivity contribution is 5.87. The molecule has 2 saturated heterocycles. The number of esters is 2. The van der Waals surface area contributed by atoms with Gasteiger partial charge in [-0.25, -0.2) is 9.59 Å². The Kier molecular flexibility index (Phi) is 8.55. The minimum absolute atomic E-state index is 0.197. The third-order valence-electron chi connectivity index (χ3n) is 5.80. The first kappa shape index (κ1) is 33.6. The third-order valence-corrected chi connectivity index (χ3v) is 5.80. The lowest BCUT2D eigenvalue weighted by Crippen LogP contribution is -2.63. The lowest BCUT2D eigenvalue weighted by Gasteiger charge is -2.37. The quantitative estimate of drug-likeness (QED) is 0.296. The van der Waals surface area contributed by atoms with Gasteiger partial charge in [0, 0.05) is 11.1 Å². The summed E-state index contributed by atoms with van der Waals surface area (Å²) >= 11 is 0. The Morgan fingerprint density at radius 1 is 0.737 bits per heavy atom. The van der Waals surface area contributed by atoms with Gasteiger partial charge in [0.05, 0.1) is 13.2 Å². The van der Waals surface area contributed by atoms with E-state index in [-0.39, 0.29) is 18.1 Å². The van der Waals surface area contributed by atoms with E-state index in [0.29, 0.717) is 13.8 Å². The van der Waals surface area contributed by atoms with Crippen molar-refractivity contribution in [3.05, 3.63) is 24.3 Å². The van der Waals surface area contributed by atoms with E-state index in [2.05, 4.69) is 32.1 Å². The highest BCUT2D eigenvalue weighted by Gasteiger charge is 2.83. The van der Waals surface area contributed by atoms with Gasteiger partial charge in [-0.15, -0.1) is 0 Å². The molecule has 0 aromatic carbocycles. The Balaban J connectivity index is 0.000000380. The van der Waals surface area contributed by atoms with E-state index in [1.807, 2.05) is 0 Å². The number of carbonyl (C=O) groups excluding carboxylic acids is 2. The van der Waals surface area contributed by atoms with Gasteiger partial charge in [0.25, 0.3) is 0 Å². The Hall–Kier alpha value is -2.40. The van der Waals surface area contributed by atoms with Crippen molar-refractivity contribution < 1.29 is 77.5 Å². The summed E-state index contributed by atoms with van der Waals surface area (Å²) in [4.78, 5) is 22.4. The van der Waals surface area contributed by atoms with E-state index in [4.69, 9.17) is 5.11 Å². The fourth-order valence-corrected chi connectivity index (χ4v) is 3.04. The zero-order valence-corrected chi connectivity index (χ0v) is 20.5. The summed E-state index contributed by atoms with van der Waals surface area (Å²) in [5, 5.41) is 9.03. The first-order valence-corrected chi connectivity index (χ1v) is 10.2. The van der Waals surface area contributed by atoms with Crippen LogP contribution in [-0.4, -0.2) is 77.0 Å². The molecular weight excluding hydrogens is 554 g/mol. The number of hydrogen-bond donors (Lipinski definition) is 1. The number of halogens is 10. The predicted octanol–water partition coefficient (Wildman–Crippen LogP) is 4.63. The number of hydrogen-bond acceptors (Lipinski definition) is 7. The Morgan fingerprint density at radius 3 is 1.34 bits per heavy atom. The smallest absolute Gasteiger partial charge is 0.447 e. The summed E-state index contributed by atoms with van der Waals surface area (Å²) in [7, 11) is 0. The van der Waals surface area contributed by atoms with E-state index in [9.17, 15) is 53.5 Å². The van der Waals surface area contributed by atoms with Crippen LogP contribution in [0.25, 0.3) is 0 Å². The SMILES string of the molecule is C=C(C)C(=O)OC1(C)COC(C)(C(F)(F)F)C1(F)F.C=C(C)C(=O)OC1(C)COC(O)(C(F)(F)F)C1(F)F. The zero-order chi connectivity index (χ0) is 30.6. The maximum atomic E-state index is 14.0. The van der Waals surface area contributed by atoms with E-state index in [1.54, 1.807) is 0 Å². The van der Waals surface area contributed by atoms with Crippen LogP contribution in [0.4, 0.5) is 43.9 Å². The second-order valence-corrected chi connectivity index (χ2v) is 9.20. The van der Waals surface area contributed by atoms with E-state index >= 15 is 0 Å². The van der Waals surface area contributed by atoms with Crippen LogP contribution in [-0.2, 0) is 28.5 Å². The largest absolute Gasteiger partial charge is 0.449 e. The Labute approximate surface area is 209 Å².